The van der Waals surface area contributed by atoms with Crippen molar-refractivity contribution in [2.45, 2.75) is 25.3 Å². The van der Waals surface area contributed by atoms with Crippen LogP contribution in [0.15, 0.2) is 18.3 Å². The third kappa shape index (κ3) is 2.39. The second-order valence-electron chi connectivity index (χ2n) is 4.87. The van der Waals surface area contributed by atoms with E-state index in [1.54, 1.807) is 18.3 Å². The maximum atomic E-state index is 12.0. The molecule has 2 aromatic rings. The summed E-state index contributed by atoms with van der Waals surface area (Å²) in [6, 6.07) is 3.75. The summed E-state index contributed by atoms with van der Waals surface area (Å²) >= 11 is 0. The zero-order chi connectivity index (χ0) is 14.8. The fourth-order valence-electron chi connectivity index (χ4n) is 2.16. The van der Waals surface area contributed by atoms with E-state index >= 15 is 0 Å². The molecule has 0 bridgehead atoms. The number of nitrogens with two attached hydrogens (primary N) is 1. The third-order valence-corrected chi connectivity index (χ3v) is 3.53. The van der Waals surface area contributed by atoms with Crippen LogP contribution >= 0.6 is 0 Å². The molecule has 21 heavy (non-hydrogen) atoms. The van der Waals surface area contributed by atoms with Gasteiger partial charge in [0.2, 0.25) is 0 Å². The Morgan fingerprint density at radius 1 is 1.52 bits per heavy atom. The van der Waals surface area contributed by atoms with E-state index in [2.05, 4.69) is 20.6 Å². The molecule has 1 aliphatic rings. The van der Waals surface area contributed by atoms with Crippen molar-refractivity contribution in [3.05, 3.63) is 23.9 Å². The molecule has 0 unspecified atom stereocenters. The predicted octanol–water partition coefficient (Wildman–Crippen LogP) is 0.995. The van der Waals surface area contributed by atoms with Gasteiger partial charge in [0.1, 0.15) is 11.4 Å². The van der Waals surface area contributed by atoms with Crippen molar-refractivity contribution in [3.63, 3.8) is 0 Å². The van der Waals surface area contributed by atoms with E-state index in [0.717, 1.165) is 12.8 Å². The summed E-state index contributed by atoms with van der Waals surface area (Å²) < 4.78 is 6.18. The number of nitrogens with zero attached hydrogens (tertiary/aromatic N) is 4. The number of carbonyl (C=O) groups excluding carboxylic acids is 1. The van der Waals surface area contributed by atoms with E-state index in [1.165, 1.54) is 18.2 Å². The standard InChI is InChI=1S/C13H16N6O2/c1-21-13(20)10-11(14)19(9-6-3-7-15-17-9)18-12(10)16-8-4-2-5-8/h3,6-8H,2,4-5,14H2,1H3,(H,16,18). The Balaban J connectivity index is 2.03. The first-order chi connectivity index (χ1) is 10.2. The number of hydrogen-bond acceptors (Lipinski definition) is 7. The number of methoxy groups -OCH3 is 1. The number of nitrogen functional groups attached to an aromatic ring is 1. The first-order valence-electron chi connectivity index (χ1n) is 6.72. The molecular weight excluding hydrogens is 272 g/mol. The van der Waals surface area contributed by atoms with Gasteiger partial charge in [0, 0.05) is 12.2 Å². The molecule has 0 spiro atoms. The fourth-order valence-corrected chi connectivity index (χ4v) is 2.16. The Morgan fingerprint density at radius 2 is 2.33 bits per heavy atom. The summed E-state index contributed by atoms with van der Waals surface area (Å²) in [6.07, 6.45) is 4.83. The van der Waals surface area contributed by atoms with Crippen LogP contribution in [0.5, 0.6) is 0 Å². The lowest BCUT2D eigenvalue weighted by molar-refractivity contribution is 0.0603. The van der Waals surface area contributed by atoms with Gasteiger partial charge in [-0.3, -0.25) is 0 Å². The van der Waals surface area contributed by atoms with Crippen LogP contribution in [-0.4, -0.2) is 39.1 Å². The van der Waals surface area contributed by atoms with E-state index in [4.69, 9.17) is 10.5 Å². The highest BCUT2D eigenvalue weighted by atomic mass is 16.5. The van der Waals surface area contributed by atoms with Crippen molar-refractivity contribution in [1.29, 1.82) is 0 Å². The summed E-state index contributed by atoms with van der Waals surface area (Å²) in [4.78, 5) is 12.0. The molecule has 3 rings (SSSR count). The molecule has 1 saturated carbocycles. The molecule has 0 amide bonds. The maximum absolute atomic E-state index is 12.0. The third-order valence-electron chi connectivity index (χ3n) is 3.53. The Bertz CT molecular complexity index is 650. The van der Waals surface area contributed by atoms with Crippen LogP contribution in [0, 0.1) is 0 Å². The minimum Gasteiger partial charge on any atom is -0.465 e. The van der Waals surface area contributed by atoms with Crippen LogP contribution in [0.25, 0.3) is 5.82 Å². The molecule has 0 aromatic carbocycles. The summed E-state index contributed by atoms with van der Waals surface area (Å²) in [7, 11) is 1.31. The highest BCUT2D eigenvalue weighted by Gasteiger charge is 2.27. The number of aromatic nitrogens is 4. The summed E-state index contributed by atoms with van der Waals surface area (Å²) in [6.45, 7) is 0. The lowest BCUT2D eigenvalue weighted by Gasteiger charge is -2.26. The smallest absolute Gasteiger partial charge is 0.345 e. The van der Waals surface area contributed by atoms with Gasteiger partial charge in [-0.15, -0.1) is 10.2 Å². The Labute approximate surface area is 121 Å². The zero-order valence-corrected chi connectivity index (χ0v) is 11.6. The van der Waals surface area contributed by atoms with E-state index in [-0.39, 0.29) is 11.4 Å². The number of rotatable bonds is 4. The van der Waals surface area contributed by atoms with Crippen LogP contribution in [0.2, 0.25) is 0 Å². The van der Waals surface area contributed by atoms with Gasteiger partial charge in [-0.05, 0) is 31.4 Å². The van der Waals surface area contributed by atoms with Crippen LogP contribution in [-0.2, 0) is 4.74 Å². The summed E-state index contributed by atoms with van der Waals surface area (Å²) in [5, 5.41) is 15.3. The average Bonchev–Trinajstić information content (AvgIpc) is 2.80. The predicted molar refractivity (Wildman–Crippen MR) is 76.2 cm³/mol. The normalized spacial score (nSPS) is 14.5. The Hall–Kier alpha value is -2.64. The molecule has 0 aliphatic heterocycles. The Kier molecular flexibility index (Phi) is 3.43. The van der Waals surface area contributed by atoms with Gasteiger partial charge in [-0.1, -0.05) is 0 Å². The number of carbonyl (C=O) groups is 1. The van der Waals surface area contributed by atoms with Crippen LogP contribution in [0.4, 0.5) is 11.6 Å². The van der Waals surface area contributed by atoms with Crippen molar-refractivity contribution in [2.24, 2.45) is 0 Å². The molecule has 0 radical (unpaired) electrons. The lowest BCUT2D eigenvalue weighted by atomic mass is 9.93. The lowest BCUT2D eigenvalue weighted by Crippen LogP contribution is -2.28. The van der Waals surface area contributed by atoms with Gasteiger partial charge < -0.3 is 15.8 Å². The first kappa shape index (κ1) is 13.3. The number of ether oxygens (including phenoxy) is 1. The van der Waals surface area contributed by atoms with Gasteiger partial charge in [0.25, 0.3) is 0 Å². The molecule has 0 saturated heterocycles. The highest BCUT2D eigenvalue weighted by Crippen LogP contribution is 2.29. The SMILES string of the molecule is COC(=O)c1c(NC2CCC2)nn(-c2cccnn2)c1N. The largest absolute Gasteiger partial charge is 0.465 e. The monoisotopic (exact) mass is 288 g/mol. The topological polar surface area (TPSA) is 108 Å². The van der Waals surface area contributed by atoms with Crippen LogP contribution < -0.4 is 11.1 Å². The van der Waals surface area contributed by atoms with Crippen molar-refractivity contribution < 1.29 is 9.53 Å². The fraction of sp³-hybridized carbons (Fsp3) is 0.385. The second kappa shape index (κ2) is 5.39. The minimum absolute atomic E-state index is 0.184. The number of esters is 1. The second-order valence-corrected chi connectivity index (χ2v) is 4.87. The zero-order valence-electron chi connectivity index (χ0n) is 11.6. The van der Waals surface area contributed by atoms with Gasteiger partial charge >= 0.3 is 5.97 Å². The number of nitrogens with one attached hydrogen (secondary N) is 1. The molecular formula is C13H16N6O2. The first-order valence-corrected chi connectivity index (χ1v) is 6.72. The van der Waals surface area contributed by atoms with Gasteiger partial charge in [-0.25, -0.2) is 4.79 Å². The highest BCUT2D eigenvalue weighted by molar-refractivity contribution is 5.99. The minimum atomic E-state index is -0.524. The van der Waals surface area contributed by atoms with Crippen molar-refractivity contribution in [1.82, 2.24) is 20.0 Å². The molecule has 2 aromatic heterocycles. The van der Waals surface area contributed by atoms with Gasteiger partial charge in [0.15, 0.2) is 11.6 Å². The van der Waals surface area contributed by atoms with Crippen molar-refractivity contribution >= 4 is 17.6 Å². The van der Waals surface area contributed by atoms with Crippen LogP contribution in [0.1, 0.15) is 29.6 Å². The number of anilines is 2. The molecule has 1 aliphatic carbocycles. The molecule has 110 valence electrons. The molecule has 3 N–H and O–H groups in total. The van der Waals surface area contributed by atoms with Gasteiger partial charge in [0.05, 0.1) is 7.11 Å². The average molecular weight is 288 g/mol. The quantitative estimate of drug-likeness (QED) is 0.808. The van der Waals surface area contributed by atoms with E-state index in [1.807, 2.05) is 0 Å². The molecule has 0 atom stereocenters. The molecule has 2 heterocycles. The van der Waals surface area contributed by atoms with Crippen LogP contribution in [0.3, 0.4) is 0 Å². The van der Waals surface area contributed by atoms with Crippen molar-refractivity contribution in [3.8, 4) is 5.82 Å². The molecule has 8 nitrogen and oxygen atoms in total. The van der Waals surface area contributed by atoms with E-state index in [0.29, 0.717) is 17.7 Å². The van der Waals surface area contributed by atoms with Gasteiger partial charge in [-0.2, -0.15) is 9.78 Å². The molecule has 8 heteroatoms. The van der Waals surface area contributed by atoms with E-state index < -0.39 is 5.97 Å². The van der Waals surface area contributed by atoms with Crippen molar-refractivity contribution in [2.75, 3.05) is 18.2 Å². The maximum Gasteiger partial charge on any atom is 0.345 e. The summed E-state index contributed by atoms with van der Waals surface area (Å²) in [5.41, 5.74) is 6.27. The number of hydrogen-bond donors (Lipinski definition) is 2. The summed E-state index contributed by atoms with van der Waals surface area (Å²) in [5.74, 6) is 0.533. The van der Waals surface area contributed by atoms with E-state index in [9.17, 15) is 4.79 Å². The molecule has 1 fully saturated rings. The Morgan fingerprint density at radius 3 is 2.90 bits per heavy atom.